The van der Waals surface area contributed by atoms with Gasteiger partial charge in [0.25, 0.3) is 11.8 Å². The fourth-order valence-corrected chi connectivity index (χ4v) is 4.34. The van der Waals surface area contributed by atoms with E-state index < -0.39 is 0 Å². The molecular formula is C25H22N2O2. The maximum Gasteiger partial charge on any atom is 0.258 e. The van der Waals surface area contributed by atoms with Gasteiger partial charge in [0.05, 0.1) is 0 Å². The Labute approximate surface area is 170 Å². The van der Waals surface area contributed by atoms with Crippen LogP contribution < -0.4 is 4.90 Å². The van der Waals surface area contributed by atoms with Gasteiger partial charge in [-0.05, 0) is 53.8 Å². The summed E-state index contributed by atoms with van der Waals surface area (Å²) >= 11 is 0. The molecule has 3 aromatic rings. The lowest BCUT2D eigenvalue weighted by atomic mass is 9.99. The molecule has 4 heteroatoms. The zero-order valence-corrected chi connectivity index (χ0v) is 16.2. The van der Waals surface area contributed by atoms with Crippen molar-refractivity contribution < 1.29 is 9.59 Å². The van der Waals surface area contributed by atoms with Crippen LogP contribution in [-0.4, -0.2) is 29.8 Å². The van der Waals surface area contributed by atoms with Crippen molar-refractivity contribution in [2.45, 2.75) is 19.4 Å². The number of carbonyl (C=O) groups excluding carboxylic acids is 2. The Hall–Kier alpha value is -3.40. The van der Waals surface area contributed by atoms with Gasteiger partial charge in [-0.2, -0.15) is 0 Å². The van der Waals surface area contributed by atoms with Crippen LogP contribution in [0.15, 0.2) is 72.8 Å². The van der Waals surface area contributed by atoms with E-state index >= 15 is 0 Å². The minimum Gasteiger partial charge on any atom is -0.334 e. The quantitative estimate of drug-likeness (QED) is 0.670. The smallest absolute Gasteiger partial charge is 0.258 e. The van der Waals surface area contributed by atoms with Crippen LogP contribution in [0.3, 0.4) is 0 Å². The van der Waals surface area contributed by atoms with Gasteiger partial charge in [0.1, 0.15) is 0 Å². The zero-order chi connectivity index (χ0) is 19.8. The number of hydrogen-bond acceptors (Lipinski definition) is 2. The highest BCUT2D eigenvalue weighted by molar-refractivity contribution is 6.08. The van der Waals surface area contributed by atoms with Gasteiger partial charge in [-0.1, -0.05) is 48.5 Å². The minimum absolute atomic E-state index is 0.0176. The lowest BCUT2D eigenvalue weighted by Gasteiger charge is -2.29. The molecule has 0 fully saturated rings. The fraction of sp³-hybridized carbons (Fsp3) is 0.200. The monoisotopic (exact) mass is 382 g/mol. The van der Waals surface area contributed by atoms with Gasteiger partial charge >= 0.3 is 0 Å². The van der Waals surface area contributed by atoms with E-state index in [2.05, 4.69) is 18.2 Å². The van der Waals surface area contributed by atoms with Crippen molar-refractivity contribution in [2.24, 2.45) is 0 Å². The van der Waals surface area contributed by atoms with E-state index in [1.54, 1.807) is 24.3 Å². The molecule has 2 aliphatic heterocycles. The van der Waals surface area contributed by atoms with Gasteiger partial charge in [-0.15, -0.1) is 0 Å². The summed E-state index contributed by atoms with van der Waals surface area (Å²) in [5.41, 5.74) is 5.82. The molecule has 0 saturated carbocycles. The van der Waals surface area contributed by atoms with Crippen LogP contribution in [-0.2, 0) is 19.4 Å². The number of fused-ring (bicyclic) bond motifs is 2. The lowest BCUT2D eigenvalue weighted by Crippen LogP contribution is -2.36. The van der Waals surface area contributed by atoms with Crippen molar-refractivity contribution in [2.75, 3.05) is 18.0 Å². The molecule has 2 amide bonds. The molecule has 0 aromatic heterocycles. The SMILES string of the molecule is O=C(c1cccc(C(=O)N2CCc3ccccc32)c1)N1CCc2ccccc2C1. The Morgan fingerprint density at radius 3 is 2.14 bits per heavy atom. The summed E-state index contributed by atoms with van der Waals surface area (Å²) in [7, 11) is 0. The summed E-state index contributed by atoms with van der Waals surface area (Å²) in [6.07, 6.45) is 1.73. The highest BCUT2D eigenvalue weighted by atomic mass is 16.2. The molecule has 0 radical (unpaired) electrons. The van der Waals surface area contributed by atoms with Crippen molar-refractivity contribution in [3.63, 3.8) is 0 Å². The molecule has 0 atom stereocenters. The third-order valence-electron chi connectivity index (χ3n) is 5.91. The van der Waals surface area contributed by atoms with Gasteiger partial charge in [0, 0.05) is 36.4 Å². The van der Waals surface area contributed by atoms with Crippen LogP contribution in [0.4, 0.5) is 5.69 Å². The fourth-order valence-electron chi connectivity index (χ4n) is 4.34. The van der Waals surface area contributed by atoms with Crippen molar-refractivity contribution in [1.82, 2.24) is 4.90 Å². The van der Waals surface area contributed by atoms with E-state index in [0.29, 0.717) is 30.8 Å². The van der Waals surface area contributed by atoms with Crippen molar-refractivity contribution >= 4 is 17.5 Å². The standard InChI is InChI=1S/C25H22N2O2/c28-24(26-14-12-18-6-1-2-8-22(18)17-26)20-9-5-10-21(16-20)25(29)27-15-13-19-7-3-4-11-23(19)27/h1-11,16H,12-15,17H2. The van der Waals surface area contributed by atoms with Crippen molar-refractivity contribution in [1.29, 1.82) is 0 Å². The van der Waals surface area contributed by atoms with Crippen molar-refractivity contribution in [3.05, 3.63) is 101 Å². The maximum absolute atomic E-state index is 13.1. The van der Waals surface area contributed by atoms with Crippen LogP contribution in [0, 0.1) is 0 Å². The summed E-state index contributed by atoms with van der Waals surface area (Å²) in [4.78, 5) is 29.9. The second-order valence-electron chi connectivity index (χ2n) is 7.66. The predicted molar refractivity (Wildman–Crippen MR) is 113 cm³/mol. The number of hydrogen-bond donors (Lipinski definition) is 0. The minimum atomic E-state index is -0.0476. The van der Waals surface area contributed by atoms with Crippen LogP contribution >= 0.6 is 0 Å². The molecule has 5 rings (SSSR count). The van der Waals surface area contributed by atoms with Crippen LogP contribution in [0.25, 0.3) is 0 Å². The molecule has 0 saturated heterocycles. The topological polar surface area (TPSA) is 40.6 Å². The van der Waals surface area contributed by atoms with Gasteiger partial charge < -0.3 is 9.80 Å². The van der Waals surface area contributed by atoms with E-state index in [1.807, 2.05) is 40.1 Å². The predicted octanol–water partition coefficient (Wildman–Crippen LogP) is 4.09. The summed E-state index contributed by atoms with van der Waals surface area (Å²) in [6, 6.07) is 23.4. The van der Waals surface area contributed by atoms with E-state index in [9.17, 15) is 9.59 Å². The third-order valence-corrected chi connectivity index (χ3v) is 5.91. The summed E-state index contributed by atoms with van der Waals surface area (Å²) in [5, 5.41) is 0. The first-order chi connectivity index (χ1) is 14.2. The largest absolute Gasteiger partial charge is 0.334 e. The number of amides is 2. The van der Waals surface area contributed by atoms with E-state index in [0.717, 1.165) is 18.5 Å². The average Bonchev–Trinajstić information content (AvgIpc) is 3.22. The van der Waals surface area contributed by atoms with E-state index in [4.69, 9.17) is 0 Å². The molecule has 29 heavy (non-hydrogen) atoms. The number of nitrogens with zero attached hydrogens (tertiary/aromatic N) is 2. The molecule has 0 bridgehead atoms. The number of para-hydroxylation sites is 1. The molecule has 4 nitrogen and oxygen atoms in total. The second kappa shape index (κ2) is 7.21. The molecule has 0 spiro atoms. The van der Waals surface area contributed by atoms with Gasteiger partial charge in [-0.3, -0.25) is 9.59 Å². The highest BCUT2D eigenvalue weighted by Gasteiger charge is 2.26. The molecule has 0 unspecified atom stereocenters. The van der Waals surface area contributed by atoms with Crippen molar-refractivity contribution in [3.8, 4) is 0 Å². The summed E-state index contributed by atoms with van der Waals surface area (Å²) in [6.45, 7) is 2.00. The molecular weight excluding hydrogens is 360 g/mol. The number of anilines is 1. The first-order valence-electron chi connectivity index (χ1n) is 10.1. The van der Waals surface area contributed by atoms with Crippen LogP contribution in [0.1, 0.15) is 37.4 Å². The zero-order valence-electron chi connectivity index (χ0n) is 16.2. The Bertz CT molecular complexity index is 1110. The normalized spacial score (nSPS) is 15.0. The van der Waals surface area contributed by atoms with Gasteiger partial charge in [0.2, 0.25) is 0 Å². The lowest BCUT2D eigenvalue weighted by molar-refractivity contribution is 0.0734. The van der Waals surface area contributed by atoms with Gasteiger partial charge in [-0.25, -0.2) is 0 Å². The number of carbonyl (C=O) groups is 2. The number of rotatable bonds is 2. The van der Waals surface area contributed by atoms with Crippen LogP contribution in [0.2, 0.25) is 0 Å². The third kappa shape index (κ3) is 3.21. The van der Waals surface area contributed by atoms with Crippen LogP contribution in [0.5, 0.6) is 0 Å². The molecule has 0 aliphatic carbocycles. The van der Waals surface area contributed by atoms with E-state index in [1.165, 1.54) is 16.7 Å². The Kier molecular flexibility index (Phi) is 4.39. The molecule has 0 N–H and O–H groups in total. The van der Waals surface area contributed by atoms with E-state index in [-0.39, 0.29) is 11.8 Å². The Morgan fingerprint density at radius 1 is 0.655 bits per heavy atom. The Balaban J connectivity index is 1.38. The molecule has 144 valence electrons. The maximum atomic E-state index is 13.1. The molecule has 3 aromatic carbocycles. The first-order valence-corrected chi connectivity index (χ1v) is 10.1. The summed E-state index contributed by atoms with van der Waals surface area (Å²) < 4.78 is 0. The van der Waals surface area contributed by atoms with Gasteiger partial charge in [0.15, 0.2) is 0 Å². The first kappa shape index (κ1) is 17.7. The molecule has 2 heterocycles. The average molecular weight is 382 g/mol. The summed E-state index contributed by atoms with van der Waals surface area (Å²) in [5.74, 6) is -0.0652. The number of benzene rings is 3. The molecule has 2 aliphatic rings. The highest BCUT2D eigenvalue weighted by Crippen LogP contribution is 2.29. The second-order valence-corrected chi connectivity index (χ2v) is 7.66. The Morgan fingerprint density at radius 2 is 1.31 bits per heavy atom.